The van der Waals surface area contributed by atoms with E-state index in [0.717, 1.165) is 30.2 Å². The first-order chi connectivity index (χ1) is 8.78. The van der Waals surface area contributed by atoms with E-state index in [1.165, 1.54) is 0 Å². The first-order valence-corrected chi connectivity index (χ1v) is 5.83. The van der Waals surface area contributed by atoms with Gasteiger partial charge in [-0.2, -0.15) is 0 Å². The Morgan fingerprint density at radius 3 is 3.06 bits per heavy atom. The highest BCUT2D eigenvalue weighted by Crippen LogP contribution is 2.16. The number of fused-ring (bicyclic) bond motifs is 1. The van der Waals surface area contributed by atoms with Crippen LogP contribution in [0.1, 0.15) is 17.1 Å². The van der Waals surface area contributed by atoms with Crippen molar-refractivity contribution in [3.05, 3.63) is 29.6 Å². The first-order valence-electron chi connectivity index (χ1n) is 5.83. The highest BCUT2D eigenvalue weighted by atomic mass is 16.3. The van der Waals surface area contributed by atoms with Crippen LogP contribution in [0.2, 0.25) is 0 Å². The Labute approximate surface area is 104 Å². The molecule has 0 unspecified atom stereocenters. The van der Waals surface area contributed by atoms with E-state index in [2.05, 4.69) is 25.1 Å². The highest BCUT2D eigenvalue weighted by molar-refractivity contribution is 5.33. The lowest BCUT2D eigenvalue weighted by Crippen LogP contribution is -2.34. The maximum atomic E-state index is 9.11. The second-order valence-corrected chi connectivity index (χ2v) is 4.30. The van der Waals surface area contributed by atoms with Gasteiger partial charge >= 0.3 is 0 Å². The van der Waals surface area contributed by atoms with Crippen LogP contribution in [0.15, 0.2) is 12.5 Å². The summed E-state index contributed by atoms with van der Waals surface area (Å²) in [4.78, 5) is 10.8. The number of hydrogen-bond donors (Lipinski definition) is 1. The van der Waals surface area contributed by atoms with E-state index in [0.29, 0.717) is 12.5 Å². The number of aromatic nitrogens is 5. The Morgan fingerprint density at radius 1 is 1.39 bits per heavy atom. The van der Waals surface area contributed by atoms with Gasteiger partial charge in [-0.25, -0.2) is 9.97 Å². The van der Waals surface area contributed by atoms with Crippen molar-refractivity contribution in [1.29, 1.82) is 0 Å². The van der Waals surface area contributed by atoms with Gasteiger partial charge in [-0.3, -0.25) is 0 Å². The van der Waals surface area contributed by atoms with Crippen molar-refractivity contribution in [3.8, 4) is 0 Å². The van der Waals surface area contributed by atoms with E-state index < -0.39 is 0 Å². The summed E-state index contributed by atoms with van der Waals surface area (Å²) in [6.45, 7) is 4.19. The molecule has 1 aliphatic rings. The summed E-state index contributed by atoms with van der Waals surface area (Å²) in [5.41, 5.74) is 1.58. The van der Waals surface area contributed by atoms with Gasteiger partial charge in [0, 0.05) is 30.5 Å². The Morgan fingerprint density at radius 2 is 2.28 bits per heavy atom. The number of aliphatic hydroxyl groups is 1. The summed E-state index contributed by atoms with van der Waals surface area (Å²) in [7, 11) is 0. The Bertz CT molecular complexity index is 566. The summed E-state index contributed by atoms with van der Waals surface area (Å²) in [5, 5.41) is 17.1. The maximum Gasteiger partial charge on any atom is 0.225 e. The molecule has 1 N–H and O–H groups in total. The third-order valence-corrected chi connectivity index (χ3v) is 3.16. The van der Waals surface area contributed by atoms with Gasteiger partial charge in [-0.1, -0.05) is 0 Å². The fourth-order valence-corrected chi connectivity index (χ4v) is 2.02. The fraction of sp³-hybridized carbons (Fsp3) is 0.455. The Hall–Kier alpha value is -2.02. The first kappa shape index (κ1) is 11.1. The van der Waals surface area contributed by atoms with E-state index in [4.69, 9.17) is 5.11 Å². The smallest absolute Gasteiger partial charge is 0.225 e. The molecule has 7 nitrogen and oxygen atoms in total. The van der Waals surface area contributed by atoms with E-state index in [1.54, 1.807) is 12.5 Å². The van der Waals surface area contributed by atoms with Crippen molar-refractivity contribution < 1.29 is 5.11 Å². The van der Waals surface area contributed by atoms with Gasteiger partial charge in [0.15, 0.2) is 5.82 Å². The molecule has 0 spiro atoms. The Kier molecular flexibility index (Phi) is 2.67. The van der Waals surface area contributed by atoms with Crippen LogP contribution in [0.4, 0.5) is 5.95 Å². The van der Waals surface area contributed by atoms with E-state index >= 15 is 0 Å². The van der Waals surface area contributed by atoms with Gasteiger partial charge in [-0.15, -0.1) is 10.2 Å². The number of aryl methyl sites for hydroxylation is 1. The zero-order chi connectivity index (χ0) is 12.5. The largest absolute Gasteiger partial charge is 0.392 e. The maximum absolute atomic E-state index is 9.11. The molecule has 0 radical (unpaired) electrons. The molecule has 18 heavy (non-hydrogen) atoms. The van der Waals surface area contributed by atoms with Gasteiger partial charge in [0.05, 0.1) is 13.2 Å². The van der Waals surface area contributed by atoms with Crippen LogP contribution in [-0.2, 0) is 19.7 Å². The number of anilines is 1. The highest BCUT2D eigenvalue weighted by Gasteiger charge is 2.19. The predicted octanol–water partition coefficient (Wildman–Crippen LogP) is -0.111. The summed E-state index contributed by atoms with van der Waals surface area (Å²) in [6.07, 6.45) is 3.42. The van der Waals surface area contributed by atoms with Gasteiger partial charge in [0.1, 0.15) is 6.33 Å². The van der Waals surface area contributed by atoms with Crippen LogP contribution in [0, 0.1) is 6.92 Å². The van der Waals surface area contributed by atoms with Crippen LogP contribution in [0.5, 0.6) is 0 Å². The molecule has 94 valence electrons. The molecule has 0 amide bonds. The zero-order valence-corrected chi connectivity index (χ0v) is 10.1. The van der Waals surface area contributed by atoms with E-state index in [-0.39, 0.29) is 6.61 Å². The minimum atomic E-state index is -0.0273. The lowest BCUT2D eigenvalue weighted by atomic mass is 10.2. The number of rotatable bonds is 2. The molecular formula is C11H14N6O. The normalized spacial score (nSPS) is 14.7. The molecule has 0 saturated heterocycles. The van der Waals surface area contributed by atoms with Crippen LogP contribution >= 0.6 is 0 Å². The minimum absolute atomic E-state index is 0.0273. The van der Waals surface area contributed by atoms with Crippen molar-refractivity contribution in [3.63, 3.8) is 0 Å². The third-order valence-electron chi connectivity index (χ3n) is 3.16. The molecule has 0 bridgehead atoms. The summed E-state index contributed by atoms with van der Waals surface area (Å²) < 4.78 is 2.03. The molecule has 1 aliphatic heterocycles. The topological polar surface area (TPSA) is 80.0 Å². The lowest BCUT2D eigenvalue weighted by molar-refractivity contribution is 0.280. The van der Waals surface area contributed by atoms with Crippen LogP contribution < -0.4 is 4.90 Å². The molecule has 3 heterocycles. The van der Waals surface area contributed by atoms with Crippen LogP contribution in [0.25, 0.3) is 0 Å². The summed E-state index contributed by atoms with van der Waals surface area (Å²) in [6, 6.07) is 0. The van der Waals surface area contributed by atoms with Crippen LogP contribution in [-0.4, -0.2) is 36.4 Å². The van der Waals surface area contributed by atoms with Crippen LogP contribution in [0.3, 0.4) is 0 Å². The molecule has 2 aromatic heterocycles. The molecule has 7 heteroatoms. The third kappa shape index (κ3) is 1.82. The standard InChI is InChI=1S/C11H14N6O/c1-8-9(6-18)4-12-11(14-8)16-2-3-17-7-13-15-10(17)5-16/h4,7,18H,2-3,5-6H2,1H3. The average Bonchev–Trinajstić information content (AvgIpc) is 2.85. The second-order valence-electron chi connectivity index (χ2n) is 4.30. The van der Waals surface area contributed by atoms with Gasteiger partial charge < -0.3 is 14.6 Å². The zero-order valence-electron chi connectivity index (χ0n) is 10.1. The number of aliphatic hydroxyl groups excluding tert-OH is 1. The van der Waals surface area contributed by atoms with Gasteiger partial charge in [0.25, 0.3) is 0 Å². The lowest BCUT2D eigenvalue weighted by Gasteiger charge is -2.27. The Balaban J connectivity index is 1.86. The van der Waals surface area contributed by atoms with Crippen molar-refractivity contribution in [2.24, 2.45) is 0 Å². The molecule has 0 fully saturated rings. The molecule has 0 aliphatic carbocycles. The van der Waals surface area contributed by atoms with Crippen molar-refractivity contribution in [1.82, 2.24) is 24.7 Å². The quantitative estimate of drug-likeness (QED) is 0.796. The number of hydrogen-bond acceptors (Lipinski definition) is 6. The minimum Gasteiger partial charge on any atom is -0.392 e. The number of nitrogens with zero attached hydrogens (tertiary/aromatic N) is 6. The van der Waals surface area contributed by atoms with Crippen molar-refractivity contribution in [2.75, 3.05) is 11.4 Å². The summed E-state index contributed by atoms with van der Waals surface area (Å²) in [5.74, 6) is 1.60. The molecule has 0 atom stereocenters. The second kappa shape index (κ2) is 4.34. The SMILES string of the molecule is Cc1nc(N2CCn3cnnc3C2)ncc1CO. The van der Waals surface area contributed by atoms with Crippen molar-refractivity contribution >= 4 is 5.95 Å². The van der Waals surface area contributed by atoms with Crippen molar-refractivity contribution in [2.45, 2.75) is 26.6 Å². The molecule has 0 saturated carbocycles. The summed E-state index contributed by atoms with van der Waals surface area (Å²) >= 11 is 0. The fourth-order valence-electron chi connectivity index (χ4n) is 2.02. The van der Waals surface area contributed by atoms with E-state index in [9.17, 15) is 0 Å². The molecule has 2 aromatic rings. The van der Waals surface area contributed by atoms with E-state index in [1.807, 2.05) is 11.5 Å². The van der Waals surface area contributed by atoms with Gasteiger partial charge in [-0.05, 0) is 6.92 Å². The molecule has 3 rings (SSSR count). The monoisotopic (exact) mass is 246 g/mol. The van der Waals surface area contributed by atoms with Gasteiger partial charge in [0.2, 0.25) is 5.95 Å². The molecule has 0 aromatic carbocycles. The average molecular weight is 246 g/mol. The molecular weight excluding hydrogens is 232 g/mol. The predicted molar refractivity (Wildman–Crippen MR) is 63.8 cm³/mol.